The summed E-state index contributed by atoms with van der Waals surface area (Å²) in [6.07, 6.45) is 1.91. The SMILES string of the molecule is O=C(Cc1cccc2ccccc12)N1CCN(C(=O)C2CCCO2)CC1. The maximum Gasteiger partial charge on any atom is 0.251 e. The summed E-state index contributed by atoms with van der Waals surface area (Å²) >= 11 is 0. The van der Waals surface area contributed by atoms with Gasteiger partial charge in [0.15, 0.2) is 0 Å². The third kappa shape index (κ3) is 3.44. The molecule has 5 heteroatoms. The summed E-state index contributed by atoms with van der Waals surface area (Å²) in [5.41, 5.74) is 1.06. The van der Waals surface area contributed by atoms with Crippen LogP contribution in [-0.4, -0.2) is 60.5 Å². The fourth-order valence-corrected chi connectivity index (χ4v) is 3.87. The van der Waals surface area contributed by atoms with Gasteiger partial charge in [-0.1, -0.05) is 42.5 Å². The Balaban J connectivity index is 1.37. The van der Waals surface area contributed by atoms with Gasteiger partial charge >= 0.3 is 0 Å². The molecule has 0 aliphatic carbocycles. The lowest BCUT2D eigenvalue weighted by Gasteiger charge is -2.35. The smallest absolute Gasteiger partial charge is 0.251 e. The summed E-state index contributed by atoms with van der Waals surface area (Å²) in [6, 6.07) is 14.2. The van der Waals surface area contributed by atoms with Crippen LogP contribution in [0.15, 0.2) is 42.5 Å². The van der Waals surface area contributed by atoms with Gasteiger partial charge in [0.05, 0.1) is 6.42 Å². The van der Waals surface area contributed by atoms with Crippen LogP contribution in [0.3, 0.4) is 0 Å². The van der Waals surface area contributed by atoms with Crippen LogP contribution >= 0.6 is 0 Å². The van der Waals surface area contributed by atoms with Crippen LogP contribution in [0.1, 0.15) is 18.4 Å². The Labute approximate surface area is 153 Å². The van der Waals surface area contributed by atoms with Crippen molar-refractivity contribution in [3.8, 4) is 0 Å². The van der Waals surface area contributed by atoms with Crippen molar-refractivity contribution in [2.24, 2.45) is 0 Å². The number of ether oxygens (including phenoxy) is 1. The second-order valence-electron chi connectivity index (χ2n) is 7.02. The van der Waals surface area contributed by atoms with Gasteiger partial charge in [-0.2, -0.15) is 0 Å². The van der Waals surface area contributed by atoms with Gasteiger partial charge in [-0.3, -0.25) is 9.59 Å². The van der Waals surface area contributed by atoms with Crippen molar-refractivity contribution in [2.75, 3.05) is 32.8 Å². The van der Waals surface area contributed by atoms with Gasteiger partial charge in [-0.05, 0) is 29.2 Å². The topological polar surface area (TPSA) is 49.9 Å². The van der Waals surface area contributed by atoms with E-state index < -0.39 is 0 Å². The van der Waals surface area contributed by atoms with Crippen molar-refractivity contribution in [3.05, 3.63) is 48.0 Å². The molecule has 26 heavy (non-hydrogen) atoms. The second kappa shape index (κ2) is 7.46. The zero-order valence-electron chi connectivity index (χ0n) is 14.9. The maximum absolute atomic E-state index is 12.7. The lowest BCUT2D eigenvalue weighted by atomic mass is 10.0. The van der Waals surface area contributed by atoms with Crippen molar-refractivity contribution in [1.29, 1.82) is 0 Å². The molecule has 0 aromatic heterocycles. The molecule has 4 rings (SSSR count). The molecular formula is C21H24N2O3. The van der Waals surface area contributed by atoms with E-state index in [-0.39, 0.29) is 17.9 Å². The van der Waals surface area contributed by atoms with Crippen molar-refractivity contribution >= 4 is 22.6 Å². The largest absolute Gasteiger partial charge is 0.368 e. The van der Waals surface area contributed by atoms with Crippen molar-refractivity contribution in [1.82, 2.24) is 9.80 Å². The predicted molar refractivity (Wildman–Crippen MR) is 99.8 cm³/mol. The van der Waals surface area contributed by atoms with E-state index in [0.717, 1.165) is 29.2 Å². The van der Waals surface area contributed by atoms with Crippen LogP contribution in [0.5, 0.6) is 0 Å². The Bertz CT molecular complexity index is 801. The Morgan fingerprint density at radius 2 is 1.69 bits per heavy atom. The molecule has 2 heterocycles. The summed E-state index contributed by atoms with van der Waals surface area (Å²) in [4.78, 5) is 28.9. The molecule has 0 saturated carbocycles. The van der Waals surface area contributed by atoms with Crippen LogP contribution in [-0.2, 0) is 20.7 Å². The fourth-order valence-electron chi connectivity index (χ4n) is 3.87. The summed E-state index contributed by atoms with van der Waals surface area (Å²) in [7, 11) is 0. The van der Waals surface area contributed by atoms with Gasteiger partial charge in [0.25, 0.3) is 5.91 Å². The first-order valence-corrected chi connectivity index (χ1v) is 9.37. The lowest BCUT2D eigenvalue weighted by molar-refractivity contribution is -0.145. The Morgan fingerprint density at radius 1 is 0.962 bits per heavy atom. The number of nitrogens with zero attached hydrogens (tertiary/aromatic N) is 2. The summed E-state index contributed by atoms with van der Waals surface area (Å²) in [5.74, 6) is 0.217. The zero-order valence-corrected chi connectivity index (χ0v) is 14.9. The first-order chi connectivity index (χ1) is 12.7. The highest BCUT2D eigenvalue weighted by Crippen LogP contribution is 2.20. The van der Waals surface area contributed by atoms with E-state index in [0.29, 0.717) is 39.2 Å². The van der Waals surface area contributed by atoms with Crippen LogP contribution in [0.25, 0.3) is 10.8 Å². The first kappa shape index (κ1) is 17.0. The lowest BCUT2D eigenvalue weighted by Crippen LogP contribution is -2.53. The van der Waals surface area contributed by atoms with Crippen LogP contribution in [0, 0.1) is 0 Å². The van der Waals surface area contributed by atoms with Crippen molar-refractivity contribution in [3.63, 3.8) is 0 Å². The summed E-state index contributed by atoms with van der Waals surface area (Å²) in [6.45, 7) is 3.07. The molecule has 2 aromatic carbocycles. The predicted octanol–water partition coefficient (Wildman–Crippen LogP) is 2.23. The highest BCUT2D eigenvalue weighted by Gasteiger charge is 2.31. The monoisotopic (exact) mass is 352 g/mol. The number of carbonyl (C=O) groups excluding carboxylic acids is 2. The number of benzene rings is 2. The molecular weight excluding hydrogens is 328 g/mol. The number of carbonyl (C=O) groups is 2. The zero-order chi connectivity index (χ0) is 17.9. The van der Waals surface area contributed by atoms with Crippen LogP contribution in [0.2, 0.25) is 0 Å². The third-order valence-corrected chi connectivity index (χ3v) is 5.37. The van der Waals surface area contributed by atoms with Crippen molar-refractivity contribution < 1.29 is 14.3 Å². The van der Waals surface area contributed by atoms with E-state index in [2.05, 4.69) is 18.2 Å². The molecule has 0 radical (unpaired) electrons. The van der Waals surface area contributed by atoms with E-state index >= 15 is 0 Å². The third-order valence-electron chi connectivity index (χ3n) is 5.37. The van der Waals surface area contributed by atoms with E-state index in [4.69, 9.17) is 4.74 Å². The average Bonchev–Trinajstić information content (AvgIpc) is 3.23. The quantitative estimate of drug-likeness (QED) is 0.851. The van der Waals surface area contributed by atoms with Gasteiger partial charge < -0.3 is 14.5 Å². The molecule has 2 amide bonds. The average molecular weight is 352 g/mol. The molecule has 1 unspecified atom stereocenters. The van der Waals surface area contributed by atoms with Gasteiger partial charge in [0.1, 0.15) is 6.10 Å². The molecule has 0 N–H and O–H groups in total. The minimum absolute atomic E-state index is 0.0867. The van der Waals surface area contributed by atoms with Gasteiger partial charge in [0.2, 0.25) is 5.91 Å². The van der Waals surface area contributed by atoms with Crippen LogP contribution < -0.4 is 0 Å². The van der Waals surface area contributed by atoms with E-state index in [9.17, 15) is 9.59 Å². The molecule has 0 bridgehead atoms. The first-order valence-electron chi connectivity index (χ1n) is 9.37. The van der Waals surface area contributed by atoms with E-state index in [1.807, 2.05) is 34.1 Å². The summed E-state index contributed by atoms with van der Waals surface area (Å²) < 4.78 is 5.49. The van der Waals surface area contributed by atoms with Gasteiger partial charge in [-0.15, -0.1) is 0 Å². The molecule has 1 atom stereocenters. The van der Waals surface area contributed by atoms with E-state index in [1.165, 1.54) is 0 Å². The summed E-state index contributed by atoms with van der Waals surface area (Å²) in [5, 5.41) is 2.29. The molecule has 136 valence electrons. The number of piperazine rings is 1. The standard InChI is InChI=1S/C21H24N2O3/c24-20(15-17-7-3-6-16-5-1-2-8-18(16)17)22-10-12-23(13-11-22)21(25)19-9-4-14-26-19/h1-3,5-8,19H,4,9-15H2. The minimum Gasteiger partial charge on any atom is -0.368 e. The number of rotatable bonds is 3. The van der Waals surface area contributed by atoms with Crippen molar-refractivity contribution in [2.45, 2.75) is 25.4 Å². The number of fused-ring (bicyclic) bond motifs is 1. The molecule has 0 spiro atoms. The van der Waals surface area contributed by atoms with Gasteiger partial charge in [-0.25, -0.2) is 0 Å². The molecule has 2 saturated heterocycles. The Morgan fingerprint density at radius 3 is 2.46 bits per heavy atom. The Kier molecular flexibility index (Phi) is 4.89. The van der Waals surface area contributed by atoms with Crippen LogP contribution in [0.4, 0.5) is 0 Å². The molecule has 2 aliphatic rings. The number of hydrogen-bond donors (Lipinski definition) is 0. The molecule has 2 fully saturated rings. The highest BCUT2D eigenvalue weighted by molar-refractivity contribution is 5.90. The van der Waals surface area contributed by atoms with E-state index in [1.54, 1.807) is 0 Å². The maximum atomic E-state index is 12.7. The molecule has 2 aromatic rings. The number of amides is 2. The van der Waals surface area contributed by atoms with Gasteiger partial charge in [0, 0.05) is 32.8 Å². The molecule has 2 aliphatic heterocycles. The fraction of sp³-hybridized carbons (Fsp3) is 0.429. The normalized spacial score (nSPS) is 20.5. The highest BCUT2D eigenvalue weighted by atomic mass is 16.5. The second-order valence-corrected chi connectivity index (χ2v) is 7.02. The minimum atomic E-state index is -0.270. The molecule has 5 nitrogen and oxygen atoms in total. The Hall–Kier alpha value is -2.40. The number of hydrogen-bond acceptors (Lipinski definition) is 3.